The van der Waals surface area contributed by atoms with Gasteiger partial charge in [-0.05, 0) is 63.7 Å². The number of phenols is 1. The summed E-state index contributed by atoms with van der Waals surface area (Å²) in [7, 11) is 6.97. The third kappa shape index (κ3) is 3.88. The van der Waals surface area contributed by atoms with Gasteiger partial charge in [0.1, 0.15) is 11.7 Å². The fraction of sp³-hybridized carbons (Fsp3) is 0.643. The van der Waals surface area contributed by atoms with Gasteiger partial charge >= 0.3 is 0 Å². The van der Waals surface area contributed by atoms with Gasteiger partial charge in [-0.25, -0.2) is 0 Å². The molecule has 0 spiro atoms. The van der Waals surface area contributed by atoms with Crippen LogP contribution in [0.2, 0.25) is 0 Å². The number of amides is 1. The van der Waals surface area contributed by atoms with Crippen LogP contribution in [-0.4, -0.2) is 103 Å². The van der Waals surface area contributed by atoms with Crippen molar-refractivity contribution in [1.29, 1.82) is 0 Å². The Morgan fingerprint density at radius 2 is 1.72 bits per heavy atom. The minimum Gasteiger partial charge on any atom is -0.505 e. The Kier molecular flexibility index (Phi) is 6.76. The number of ketones is 3. The number of aromatic hydroxyl groups is 1. The molecule has 1 amide bonds. The highest BCUT2D eigenvalue weighted by atomic mass is 16.3. The van der Waals surface area contributed by atoms with Gasteiger partial charge in [0.2, 0.25) is 5.91 Å². The van der Waals surface area contributed by atoms with Gasteiger partial charge in [0.15, 0.2) is 23.0 Å². The zero-order valence-corrected chi connectivity index (χ0v) is 22.9. The third-order valence-electron chi connectivity index (χ3n) is 9.43. The lowest BCUT2D eigenvalue weighted by Crippen LogP contribution is -2.75. The minimum atomic E-state index is -2.66. The van der Waals surface area contributed by atoms with Gasteiger partial charge in [-0.2, -0.15) is 0 Å². The average Bonchev–Trinajstić information content (AvgIpc) is 2.86. The summed E-state index contributed by atoms with van der Waals surface area (Å²) in [6, 6.07) is 0.969. The molecular weight excluding hydrogens is 504 g/mol. The van der Waals surface area contributed by atoms with Gasteiger partial charge in [-0.1, -0.05) is 0 Å². The van der Waals surface area contributed by atoms with Crippen LogP contribution in [0.4, 0.5) is 11.4 Å². The highest BCUT2D eigenvalue weighted by Gasteiger charge is 2.69. The first-order valence-corrected chi connectivity index (χ1v) is 13.6. The van der Waals surface area contributed by atoms with E-state index in [1.807, 2.05) is 30.0 Å². The highest BCUT2D eigenvalue weighted by molar-refractivity contribution is 6.26. The summed E-state index contributed by atoms with van der Waals surface area (Å²) in [4.78, 5) is 59.4. The van der Waals surface area contributed by atoms with Crippen molar-refractivity contribution in [3.05, 3.63) is 17.2 Å². The van der Waals surface area contributed by atoms with Crippen LogP contribution in [0.25, 0.3) is 0 Å². The molecule has 3 fully saturated rings. The van der Waals surface area contributed by atoms with Gasteiger partial charge in [-0.3, -0.25) is 19.2 Å². The zero-order valence-electron chi connectivity index (χ0n) is 22.9. The Morgan fingerprint density at radius 3 is 2.28 bits per heavy atom. The molecule has 11 heteroatoms. The average molecular weight is 543 g/mol. The molecule has 0 radical (unpaired) electrons. The maximum Gasteiger partial charge on any atom is 0.230 e. The van der Waals surface area contributed by atoms with Crippen molar-refractivity contribution in [2.45, 2.75) is 49.9 Å². The lowest BCUT2D eigenvalue weighted by atomic mass is 9.52. The van der Waals surface area contributed by atoms with E-state index in [-0.39, 0.29) is 24.2 Å². The number of hydrogen-bond donors (Lipinski definition) is 4. The molecule has 1 aliphatic heterocycles. The smallest absolute Gasteiger partial charge is 0.230 e. The van der Waals surface area contributed by atoms with E-state index in [9.17, 15) is 34.5 Å². The standard InChI is InChI=1S/C28H38N4O7/c1-30(2)16-12-17(32-8-6-5-7-9-32)22(33)19-14(16)10-13-11-15-21(31(3)4)24(35)20(27(29)38)26(37)28(15,39)25(36)18(13)23(19)34/h12-13,15,18,20-21,24,33,35,39H,5-11H2,1-4H3,(H2,29,38)/t13-,15-,18?,20?,21-,24?,28-/m1/s1. The predicted octanol–water partition coefficient (Wildman–Crippen LogP) is -0.285. The van der Waals surface area contributed by atoms with Crippen LogP contribution >= 0.6 is 0 Å². The van der Waals surface area contributed by atoms with E-state index < -0.39 is 64.7 Å². The van der Waals surface area contributed by atoms with E-state index in [1.54, 1.807) is 19.0 Å². The molecular formula is C28H38N4O7. The van der Waals surface area contributed by atoms with Crippen molar-refractivity contribution in [3.8, 4) is 5.75 Å². The summed E-state index contributed by atoms with van der Waals surface area (Å²) >= 11 is 0. The first-order valence-electron chi connectivity index (χ1n) is 13.6. The largest absolute Gasteiger partial charge is 0.505 e. The number of Topliss-reactive ketones (excluding diaryl/α,β-unsaturated/α-hetero) is 3. The summed E-state index contributed by atoms with van der Waals surface area (Å²) in [6.07, 6.45) is 1.86. The van der Waals surface area contributed by atoms with Crippen molar-refractivity contribution in [2.24, 2.45) is 29.4 Å². The quantitative estimate of drug-likeness (QED) is 0.372. The number of aliphatic hydroxyl groups excluding tert-OH is 1. The monoisotopic (exact) mass is 542 g/mol. The van der Waals surface area contributed by atoms with Gasteiger partial charge in [0, 0.05) is 44.8 Å². The maximum absolute atomic E-state index is 14.1. The second kappa shape index (κ2) is 9.57. The number of carbonyl (C=O) groups excluding carboxylic acids is 4. The number of primary amides is 1. The van der Waals surface area contributed by atoms with Gasteiger partial charge in [-0.15, -0.1) is 0 Å². The van der Waals surface area contributed by atoms with Crippen molar-refractivity contribution in [2.75, 3.05) is 51.1 Å². The summed E-state index contributed by atoms with van der Waals surface area (Å²) in [5, 5.41) is 34.2. The molecule has 4 aliphatic rings. The molecule has 1 heterocycles. The number of piperidine rings is 1. The third-order valence-corrected chi connectivity index (χ3v) is 9.43. The van der Waals surface area contributed by atoms with Gasteiger partial charge in [0.05, 0.1) is 23.3 Å². The molecule has 1 aromatic rings. The summed E-state index contributed by atoms with van der Waals surface area (Å²) in [6.45, 7) is 1.47. The molecule has 2 saturated carbocycles. The van der Waals surface area contributed by atoms with Crippen molar-refractivity contribution in [3.63, 3.8) is 0 Å². The van der Waals surface area contributed by atoms with Crippen LogP contribution in [0.1, 0.15) is 41.6 Å². The molecule has 0 aromatic heterocycles. The number of rotatable bonds is 4. The number of anilines is 2. The topological polar surface area (TPSA) is 165 Å². The molecule has 1 saturated heterocycles. The summed E-state index contributed by atoms with van der Waals surface area (Å²) in [5.41, 5.74) is 4.76. The van der Waals surface area contributed by atoms with E-state index in [1.165, 1.54) is 0 Å². The number of nitrogens with two attached hydrogens (primary N) is 1. The molecule has 3 aliphatic carbocycles. The molecule has 5 rings (SSSR count). The second-order valence-electron chi connectivity index (χ2n) is 12.0. The van der Waals surface area contributed by atoms with Gasteiger partial charge in [0.25, 0.3) is 0 Å². The second-order valence-corrected chi connectivity index (χ2v) is 12.0. The maximum atomic E-state index is 14.1. The Balaban J connectivity index is 1.65. The SMILES string of the molecule is CN(C)c1cc(N2CCCCC2)c(O)c2c1C[C@@H]1C[C@@H]3[C@@H](N(C)C)C(O)C(C(N)=O)C(=O)[C@]3(O)C(=O)C1C2=O. The van der Waals surface area contributed by atoms with E-state index >= 15 is 0 Å². The summed E-state index contributed by atoms with van der Waals surface area (Å²) in [5.74, 6) is -8.86. The summed E-state index contributed by atoms with van der Waals surface area (Å²) < 4.78 is 0. The number of carbonyl (C=O) groups is 4. The molecule has 5 N–H and O–H groups in total. The van der Waals surface area contributed by atoms with Crippen molar-refractivity contribution >= 4 is 34.6 Å². The Labute approximate surface area is 227 Å². The molecule has 3 unspecified atom stereocenters. The molecule has 0 bridgehead atoms. The molecule has 39 heavy (non-hydrogen) atoms. The molecule has 11 nitrogen and oxygen atoms in total. The number of aliphatic hydroxyl groups is 2. The van der Waals surface area contributed by atoms with E-state index in [4.69, 9.17) is 5.73 Å². The van der Waals surface area contributed by atoms with E-state index in [2.05, 4.69) is 0 Å². The predicted molar refractivity (Wildman–Crippen MR) is 143 cm³/mol. The number of likely N-dealkylation sites (N-methyl/N-ethyl adjacent to an activating group) is 1. The number of hydrogen-bond acceptors (Lipinski definition) is 10. The number of benzene rings is 1. The number of phenolic OH excluding ortho intramolecular Hbond substituents is 1. The number of fused-ring (bicyclic) bond motifs is 3. The van der Waals surface area contributed by atoms with Crippen molar-refractivity contribution < 1.29 is 34.5 Å². The van der Waals surface area contributed by atoms with Crippen molar-refractivity contribution in [1.82, 2.24) is 4.90 Å². The zero-order chi connectivity index (χ0) is 28.5. The van der Waals surface area contributed by atoms with Crippen LogP contribution in [-0.2, 0) is 20.8 Å². The first-order chi connectivity index (χ1) is 18.3. The van der Waals surface area contributed by atoms with Crippen LogP contribution < -0.4 is 15.5 Å². The van der Waals surface area contributed by atoms with Gasteiger partial charge < -0.3 is 35.8 Å². The van der Waals surface area contributed by atoms with Crippen LogP contribution in [0.15, 0.2) is 6.07 Å². The molecule has 1 aromatic carbocycles. The Hall–Kier alpha value is -3.02. The lowest BCUT2D eigenvalue weighted by Gasteiger charge is -2.55. The fourth-order valence-corrected chi connectivity index (χ4v) is 7.63. The lowest BCUT2D eigenvalue weighted by molar-refractivity contribution is -0.190. The number of nitrogens with zero attached hydrogens (tertiary/aromatic N) is 3. The van der Waals surface area contributed by atoms with Crippen LogP contribution in [0.5, 0.6) is 5.75 Å². The Morgan fingerprint density at radius 1 is 1.08 bits per heavy atom. The van der Waals surface area contributed by atoms with E-state index in [0.29, 0.717) is 11.3 Å². The Bertz CT molecular complexity index is 1240. The molecule has 212 valence electrons. The normalized spacial score (nSPS) is 34.4. The van der Waals surface area contributed by atoms with E-state index in [0.717, 1.165) is 38.0 Å². The minimum absolute atomic E-state index is 0.0531. The van der Waals surface area contributed by atoms with Crippen LogP contribution in [0.3, 0.4) is 0 Å². The first kappa shape index (κ1) is 27.5. The van der Waals surface area contributed by atoms with Crippen LogP contribution in [0, 0.1) is 23.7 Å². The highest BCUT2D eigenvalue weighted by Crippen LogP contribution is 2.53. The fourth-order valence-electron chi connectivity index (χ4n) is 7.63. The molecule has 7 atom stereocenters.